The Labute approximate surface area is 124 Å². The van der Waals surface area contributed by atoms with Crippen LogP contribution in [0.1, 0.15) is 16.8 Å². The second kappa shape index (κ2) is 6.44. The molecule has 3 nitrogen and oxygen atoms in total. The zero-order chi connectivity index (χ0) is 15.5. The average Bonchev–Trinajstić information content (AvgIpc) is 2.39. The van der Waals surface area contributed by atoms with Crippen LogP contribution in [-0.2, 0) is 12.6 Å². The molecular formula is C14H14F3N3S. The summed E-state index contributed by atoms with van der Waals surface area (Å²) >= 11 is 0.909. The Balaban J connectivity index is 2.38. The lowest BCUT2D eigenvalue weighted by atomic mass is 10.1. The Morgan fingerprint density at radius 2 is 2.00 bits per heavy atom. The van der Waals surface area contributed by atoms with Gasteiger partial charge in [0.15, 0.2) is 5.16 Å². The van der Waals surface area contributed by atoms with Crippen molar-refractivity contribution in [1.82, 2.24) is 9.97 Å². The largest absolute Gasteiger partial charge is 0.417 e. The van der Waals surface area contributed by atoms with Gasteiger partial charge in [0.2, 0.25) is 0 Å². The molecule has 0 unspecified atom stereocenters. The summed E-state index contributed by atoms with van der Waals surface area (Å²) in [6, 6.07) is 5.94. The Hall–Kier alpha value is -1.60. The predicted molar refractivity (Wildman–Crippen MR) is 75.1 cm³/mol. The van der Waals surface area contributed by atoms with Crippen molar-refractivity contribution in [2.45, 2.75) is 29.6 Å². The van der Waals surface area contributed by atoms with Crippen LogP contribution in [0.3, 0.4) is 0 Å². The zero-order valence-electron chi connectivity index (χ0n) is 11.3. The number of nitrogens with two attached hydrogens (primary N) is 1. The molecule has 1 aromatic heterocycles. The first kappa shape index (κ1) is 15.8. The van der Waals surface area contributed by atoms with E-state index in [4.69, 9.17) is 5.73 Å². The van der Waals surface area contributed by atoms with E-state index >= 15 is 0 Å². The Kier molecular flexibility index (Phi) is 4.84. The van der Waals surface area contributed by atoms with E-state index in [2.05, 4.69) is 9.97 Å². The highest BCUT2D eigenvalue weighted by Gasteiger charge is 2.34. The number of hydrogen-bond donors (Lipinski definition) is 1. The minimum Gasteiger partial charge on any atom is -0.330 e. The van der Waals surface area contributed by atoms with Gasteiger partial charge in [0.25, 0.3) is 0 Å². The highest BCUT2D eigenvalue weighted by atomic mass is 32.2. The van der Waals surface area contributed by atoms with E-state index in [0.717, 1.165) is 17.8 Å². The third kappa shape index (κ3) is 4.18. The molecule has 21 heavy (non-hydrogen) atoms. The van der Waals surface area contributed by atoms with Gasteiger partial charge in [-0.1, -0.05) is 6.07 Å². The molecule has 2 N–H and O–H groups in total. The number of rotatable bonds is 4. The van der Waals surface area contributed by atoms with Crippen LogP contribution in [0.5, 0.6) is 0 Å². The fraction of sp³-hybridized carbons (Fsp3) is 0.286. The predicted octanol–water partition coefficient (Wildman–Crippen LogP) is 3.46. The van der Waals surface area contributed by atoms with E-state index in [9.17, 15) is 13.2 Å². The molecule has 0 saturated carbocycles. The maximum atomic E-state index is 13.2. The first-order valence-corrected chi connectivity index (χ1v) is 7.09. The molecule has 0 aliphatic rings. The number of alkyl halides is 3. The highest BCUT2D eigenvalue weighted by Crippen LogP contribution is 2.39. The molecule has 112 valence electrons. The second-order valence-electron chi connectivity index (χ2n) is 4.45. The van der Waals surface area contributed by atoms with Crippen molar-refractivity contribution < 1.29 is 13.2 Å². The minimum atomic E-state index is -4.42. The smallest absolute Gasteiger partial charge is 0.330 e. The van der Waals surface area contributed by atoms with Crippen LogP contribution < -0.4 is 5.73 Å². The fourth-order valence-electron chi connectivity index (χ4n) is 1.78. The van der Waals surface area contributed by atoms with Crippen LogP contribution in [-0.4, -0.2) is 16.5 Å². The number of halogens is 3. The number of benzene rings is 1. The summed E-state index contributed by atoms with van der Waals surface area (Å²) in [6.45, 7) is 2.07. The second-order valence-corrected chi connectivity index (χ2v) is 5.46. The molecule has 0 aliphatic heterocycles. The molecule has 0 saturated heterocycles. The topological polar surface area (TPSA) is 51.8 Å². The van der Waals surface area contributed by atoms with E-state index in [1.54, 1.807) is 19.1 Å². The van der Waals surface area contributed by atoms with Crippen molar-refractivity contribution >= 4 is 11.8 Å². The van der Waals surface area contributed by atoms with Gasteiger partial charge in [-0.05, 0) is 55.4 Å². The van der Waals surface area contributed by atoms with Gasteiger partial charge in [-0.15, -0.1) is 0 Å². The quantitative estimate of drug-likeness (QED) is 0.878. The Bertz CT molecular complexity index is 629. The fourth-order valence-corrected chi connectivity index (χ4v) is 2.70. The Morgan fingerprint density at radius 3 is 2.62 bits per heavy atom. The average molecular weight is 313 g/mol. The lowest BCUT2D eigenvalue weighted by Gasteiger charge is -2.13. The number of nitrogens with zero attached hydrogens (tertiary/aromatic N) is 2. The summed E-state index contributed by atoms with van der Waals surface area (Å²) in [5.74, 6) is 0. The zero-order valence-corrected chi connectivity index (χ0v) is 12.1. The first-order chi connectivity index (χ1) is 9.90. The van der Waals surface area contributed by atoms with Gasteiger partial charge in [0.1, 0.15) is 0 Å². The molecule has 0 atom stereocenters. The molecule has 0 fully saturated rings. The minimum absolute atomic E-state index is 0.0915. The van der Waals surface area contributed by atoms with Crippen molar-refractivity contribution in [3.8, 4) is 0 Å². The van der Waals surface area contributed by atoms with Crippen LogP contribution in [0.25, 0.3) is 0 Å². The SMILES string of the molecule is Cc1ccnc(Sc2ccc(CCN)cc2C(F)(F)F)n1. The lowest BCUT2D eigenvalue weighted by molar-refractivity contribution is -0.139. The standard InChI is InChI=1S/C14H14F3N3S/c1-9-5-7-19-13(20-9)21-12-3-2-10(4-6-18)8-11(12)14(15,16)17/h2-3,5,7-8H,4,6,18H2,1H3. The van der Waals surface area contributed by atoms with Crippen LogP contribution in [0.2, 0.25) is 0 Å². The van der Waals surface area contributed by atoms with Gasteiger partial charge in [-0.2, -0.15) is 13.2 Å². The maximum absolute atomic E-state index is 13.2. The highest BCUT2D eigenvalue weighted by molar-refractivity contribution is 7.99. The van der Waals surface area contributed by atoms with E-state index in [1.807, 2.05) is 0 Å². The molecule has 2 rings (SSSR count). The molecule has 0 radical (unpaired) electrons. The summed E-state index contributed by atoms with van der Waals surface area (Å²) in [5.41, 5.74) is 5.99. The molecule has 0 bridgehead atoms. The molecular weight excluding hydrogens is 299 g/mol. The number of aromatic nitrogens is 2. The van der Waals surface area contributed by atoms with Gasteiger partial charge in [0, 0.05) is 16.8 Å². The third-order valence-electron chi connectivity index (χ3n) is 2.76. The van der Waals surface area contributed by atoms with Crippen molar-refractivity contribution in [2.24, 2.45) is 5.73 Å². The lowest BCUT2D eigenvalue weighted by Crippen LogP contribution is -2.09. The van der Waals surface area contributed by atoms with Crippen LogP contribution in [0, 0.1) is 6.92 Å². The summed E-state index contributed by atoms with van der Waals surface area (Å²) in [4.78, 5) is 8.19. The van der Waals surface area contributed by atoms with E-state index in [0.29, 0.717) is 29.4 Å². The van der Waals surface area contributed by atoms with Crippen molar-refractivity contribution in [2.75, 3.05) is 6.54 Å². The van der Waals surface area contributed by atoms with Crippen LogP contribution in [0.15, 0.2) is 40.5 Å². The first-order valence-electron chi connectivity index (χ1n) is 6.28. The third-order valence-corrected chi connectivity index (χ3v) is 3.71. The van der Waals surface area contributed by atoms with Crippen molar-refractivity contribution in [1.29, 1.82) is 0 Å². The molecule has 0 aliphatic carbocycles. The summed E-state index contributed by atoms with van der Waals surface area (Å²) in [7, 11) is 0. The molecule has 7 heteroatoms. The Morgan fingerprint density at radius 1 is 1.24 bits per heavy atom. The van der Waals surface area contributed by atoms with Gasteiger partial charge in [-0.3, -0.25) is 0 Å². The summed E-state index contributed by atoms with van der Waals surface area (Å²) in [5, 5.41) is 0.298. The molecule has 1 heterocycles. The normalized spacial score (nSPS) is 11.7. The van der Waals surface area contributed by atoms with Crippen LogP contribution in [0.4, 0.5) is 13.2 Å². The molecule has 0 spiro atoms. The number of hydrogen-bond acceptors (Lipinski definition) is 4. The van der Waals surface area contributed by atoms with E-state index in [1.165, 1.54) is 12.3 Å². The van der Waals surface area contributed by atoms with E-state index < -0.39 is 11.7 Å². The van der Waals surface area contributed by atoms with E-state index in [-0.39, 0.29) is 4.90 Å². The van der Waals surface area contributed by atoms with Gasteiger partial charge in [-0.25, -0.2) is 9.97 Å². The summed E-state index contributed by atoms with van der Waals surface area (Å²) < 4.78 is 39.5. The molecule has 0 amide bonds. The van der Waals surface area contributed by atoms with Crippen molar-refractivity contribution in [3.05, 3.63) is 47.3 Å². The summed E-state index contributed by atoms with van der Waals surface area (Å²) in [6.07, 6.45) is -2.48. The molecule has 2 aromatic rings. The van der Waals surface area contributed by atoms with Gasteiger partial charge < -0.3 is 5.73 Å². The van der Waals surface area contributed by atoms with Gasteiger partial charge >= 0.3 is 6.18 Å². The molecule has 1 aromatic carbocycles. The number of aryl methyl sites for hydroxylation is 1. The maximum Gasteiger partial charge on any atom is 0.417 e. The van der Waals surface area contributed by atoms with Crippen LogP contribution >= 0.6 is 11.8 Å². The monoisotopic (exact) mass is 313 g/mol. The van der Waals surface area contributed by atoms with Gasteiger partial charge in [0.05, 0.1) is 5.56 Å². The van der Waals surface area contributed by atoms with Crippen molar-refractivity contribution in [3.63, 3.8) is 0 Å².